The molecule has 0 aromatic heterocycles. The van der Waals surface area contributed by atoms with Crippen LogP contribution in [0.4, 0.5) is 0 Å². The van der Waals surface area contributed by atoms with Gasteiger partial charge in [-0.1, -0.05) is 0 Å². The number of imide groups is 1. The van der Waals surface area contributed by atoms with Crippen molar-refractivity contribution in [2.45, 2.75) is 19.3 Å². The summed E-state index contributed by atoms with van der Waals surface area (Å²) in [5.41, 5.74) is 0. The Hall–Kier alpha value is -2.18. The molecule has 2 rings (SSSR count). The van der Waals surface area contributed by atoms with Crippen LogP contribution in [0.2, 0.25) is 0 Å². The number of hydrogen-bond donors (Lipinski definition) is 0. The van der Waals surface area contributed by atoms with Crippen LogP contribution in [-0.2, 0) is 24.0 Å². The highest BCUT2D eigenvalue weighted by Crippen LogP contribution is 2.11. The Morgan fingerprint density at radius 1 is 1.22 bits per heavy atom. The van der Waals surface area contributed by atoms with Crippen LogP contribution in [-0.4, -0.2) is 46.7 Å². The van der Waals surface area contributed by atoms with Crippen molar-refractivity contribution in [1.29, 1.82) is 0 Å². The third-order valence-electron chi connectivity index (χ3n) is 2.68. The van der Waals surface area contributed by atoms with E-state index in [-0.39, 0.29) is 18.9 Å². The fourth-order valence-corrected chi connectivity index (χ4v) is 1.74. The van der Waals surface area contributed by atoms with Crippen LogP contribution in [0.1, 0.15) is 19.3 Å². The zero-order valence-electron chi connectivity index (χ0n) is 9.63. The number of carbonyl (C=O) groups excluding carboxylic acids is 4. The molecule has 0 radical (unpaired) electrons. The van der Waals surface area contributed by atoms with Crippen LogP contribution in [0.25, 0.3) is 0 Å². The molecule has 0 spiro atoms. The maximum Gasteiger partial charge on any atom is 0.334 e. The molecule has 1 saturated heterocycles. The smallest absolute Gasteiger partial charge is 0.334 e. The molecule has 0 unspecified atom stereocenters. The van der Waals surface area contributed by atoms with Crippen LogP contribution >= 0.6 is 0 Å². The molecule has 0 N–H and O–H groups in total. The van der Waals surface area contributed by atoms with E-state index in [1.807, 2.05) is 0 Å². The first-order valence-electron chi connectivity index (χ1n) is 5.62. The molecule has 18 heavy (non-hydrogen) atoms. The molecule has 0 aromatic rings. The Morgan fingerprint density at radius 3 is 2.44 bits per heavy atom. The second-order valence-electron chi connectivity index (χ2n) is 3.97. The van der Waals surface area contributed by atoms with Gasteiger partial charge in [0.25, 0.3) is 17.7 Å². The highest BCUT2D eigenvalue weighted by atomic mass is 16.7. The van der Waals surface area contributed by atoms with Crippen molar-refractivity contribution in [3.63, 3.8) is 0 Å². The van der Waals surface area contributed by atoms with Crippen molar-refractivity contribution in [3.05, 3.63) is 12.2 Å². The van der Waals surface area contributed by atoms with Crippen LogP contribution in [0.15, 0.2) is 12.2 Å². The monoisotopic (exact) mass is 252 g/mol. The van der Waals surface area contributed by atoms with Gasteiger partial charge in [0.2, 0.25) is 0 Å². The van der Waals surface area contributed by atoms with Crippen molar-refractivity contribution >= 4 is 23.7 Å². The summed E-state index contributed by atoms with van der Waals surface area (Å²) in [6.07, 6.45) is 3.22. The fraction of sp³-hybridized carbons (Fsp3) is 0.455. The maximum absolute atomic E-state index is 11.4. The van der Waals surface area contributed by atoms with Gasteiger partial charge < -0.3 is 4.84 Å². The van der Waals surface area contributed by atoms with Gasteiger partial charge >= 0.3 is 5.97 Å². The molecule has 0 atom stereocenters. The Bertz CT molecular complexity index is 425. The first kappa shape index (κ1) is 12.3. The standard InChI is InChI=1S/C11H12N2O5/c14-8-3-4-9(15)12(8)7-5-11(17)18-13-6-1-2-10(13)16/h3-4H,1-2,5-7H2. The molecule has 0 aromatic carbocycles. The molecule has 96 valence electrons. The molecular formula is C11H12N2O5. The van der Waals surface area contributed by atoms with E-state index in [0.29, 0.717) is 19.4 Å². The summed E-state index contributed by atoms with van der Waals surface area (Å²) in [6, 6.07) is 0. The number of hydroxylamine groups is 2. The maximum atomic E-state index is 11.4. The average Bonchev–Trinajstić information content (AvgIpc) is 2.85. The number of hydrogen-bond acceptors (Lipinski definition) is 5. The van der Waals surface area contributed by atoms with E-state index < -0.39 is 17.8 Å². The first-order chi connectivity index (χ1) is 8.58. The lowest BCUT2D eigenvalue weighted by Crippen LogP contribution is -2.34. The molecule has 0 bridgehead atoms. The first-order valence-corrected chi connectivity index (χ1v) is 5.62. The van der Waals surface area contributed by atoms with E-state index in [9.17, 15) is 19.2 Å². The number of rotatable bonds is 4. The van der Waals surface area contributed by atoms with Gasteiger partial charge in [-0.15, -0.1) is 0 Å². The topological polar surface area (TPSA) is 84.0 Å². The third-order valence-corrected chi connectivity index (χ3v) is 2.68. The highest BCUT2D eigenvalue weighted by Gasteiger charge is 2.27. The van der Waals surface area contributed by atoms with Crippen molar-refractivity contribution in [3.8, 4) is 0 Å². The van der Waals surface area contributed by atoms with Gasteiger partial charge in [0.15, 0.2) is 0 Å². The molecule has 2 heterocycles. The largest absolute Gasteiger partial charge is 0.338 e. The van der Waals surface area contributed by atoms with Crippen molar-refractivity contribution < 1.29 is 24.0 Å². The van der Waals surface area contributed by atoms with Crippen LogP contribution in [0.3, 0.4) is 0 Å². The normalized spacial score (nSPS) is 19.0. The lowest BCUT2D eigenvalue weighted by atomic mass is 10.4. The molecule has 2 aliphatic rings. The Morgan fingerprint density at radius 2 is 1.89 bits per heavy atom. The summed E-state index contributed by atoms with van der Waals surface area (Å²) in [6.45, 7) is 0.360. The summed E-state index contributed by atoms with van der Waals surface area (Å²) < 4.78 is 0. The minimum Gasteiger partial charge on any atom is -0.338 e. The van der Waals surface area contributed by atoms with E-state index in [2.05, 4.69) is 0 Å². The Labute approximate surface area is 103 Å². The van der Waals surface area contributed by atoms with Crippen molar-refractivity contribution in [1.82, 2.24) is 9.96 Å². The van der Waals surface area contributed by atoms with E-state index in [1.54, 1.807) is 0 Å². The highest BCUT2D eigenvalue weighted by molar-refractivity contribution is 6.12. The SMILES string of the molecule is O=C(CCN1C(=O)C=CC1=O)ON1CCCC1=O. The van der Waals surface area contributed by atoms with E-state index in [0.717, 1.165) is 22.1 Å². The van der Waals surface area contributed by atoms with E-state index in [4.69, 9.17) is 4.84 Å². The van der Waals surface area contributed by atoms with Crippen LogP contribution < -0.4 is 0 Å². The average molecular weight is 252 g/mol. The lowest BCUT2D eigenvalue weighted by Gasteiger charge is -2.16. The number of nitrogens with zero attached hydrogens (tertiary/aromatic N) is 2. The molecule has 0 saturated carbocycles. The predicted octanol–water partition coefficient (Wildman–Crippen LogP) is -0.618. The summed E-state index contributed by atoms with van der Waals surface area (Å²) in [5.74, 6) is -1.73. The predicted molar refractivity (Wildman–Crippen MR) is 57.5 cm³/mol. The number of carbonyl (C=O) groups is 4. The summed E-state index contributed by atoms with van der Waals surface area (Å²) >= 11 is 0. The summed E-state index contributed by atoms with van der Waals surface area (Å²) in [5, 5.41) is 1.02. The van der Waals surface area contributed by atoms with E-state index in [1.165, 1.54) is 0 Å². The zero-order valence-corrected chi connectivity index (χ0v) is 9.63. The van der Waals surface area contributed by atoms with Gasteiger partial charge in [-0.2, -0.15) is 5.06 Å². The molecule has 2 aliphatic heterocycles. The van der Waals surface area contributed by atoms with Crippen molar-refractivity contribution in [2.75, 3.05) is 13.1 Å². The molecule has 7 heteroatoms. The third kappa shape index (κ3) is 2.55. The second kappa shape index (κ2) is 4.99. The lowest BCUT2D eigenvalue weighted by molar-refractivity contribution is -0.193. The molecule has 3 amide bonds. The van der Waals surface area contributed by atoms with Crippen molar-refractivity contribution in [2.24, 2.45) is 0 Å². The van der Waals surface area contributed by atoms with Gasteiger partial charge in [0.1, 0.15) is 0 Å². The Kier molecular flexibility index (Phi) is 3.40. The van der Waals surface area contributed by atoms with Gasteiger partial charge in [-0.3, -0.25) is 19.3 Å². The van der Waals surface area contributed by atoms with Crippen LogP contribution in [0.5, 0.6) is 0 Å². The van der Waals surface area contributed by atoms with Gasteiger partial charge in [0.05, 0.1) is 13.0 Å². The minimum absolute atomic E-state index is 0.0362. The molecule has 7 nitrogen and oxygen atoms in total. The minimum atomic E-state index is -0.627. The second-order valence-corrected chi connectivity index (χ2v) is 3.97. The molecule has 0 aliphatic carbocycles. The number of amides is 3. The fourth-order valence-electron chi connectivity index (χ4n) is 1.74. The van der Waals surface area contributed by atoms with E-state index >= 15 is 0 Å². The van der Waals surface area contributed by atoms with Crippen LogP contribution in [0, 0.1) is 0 Å². The zero-order chi connectivity index (χ0) is 13.1. The van der Waals surface area contributed by atoms with Gasteiger partial charge in [-0.05, 0) is 6.42 Å². The summed E-state index contributed by atoms with van der Waals surface area (Å²) in [4.78, 5) is 50.8. The summed E-state index contributed by atoms with van der Waals surface area (Å²) in [7, 11) is 0. The molecule has 1 fully saturated rings. The quantitative estimate of drug-likeness (QED) is 0.623. The van der Waals surface area contributed by atoms with Gasteiger partial charge in [0, 0.05) is 25.1 Å². The molecular weight excluding hydrogens is 240 g/mol. The Balaban J connectivity index is 1.77. The van der Waals surface area contributed by atoms with Gasteiger partial charge in [-0.25, -0.2) is 4.79 Å².